The zero-order valence-electron chi connectivity index (χ0n) is 7.02. The summed E-state index contributed by atoms with van der Waals surface area (Å²) in [5.74, 6) is 0. The Kier molecular flexibility index (Phi) is 3.73. The normalized spacial score (nSPS) is 11.5. The third-order valence-electron chi connectivity index (χ3n) is 1.56. The first-order valence-corrected chi connectivity index (χ1v) is 5.45. The molecule has 0 fully saturated rings. The molecule has 80 valence electrons. The highest BCUT2D eigenvalue weighted by molar-refractivity contribution is 9.24. The van der Waals surface area contributed by atoms with Crippen LogP contribution in [0.1, 0.15) is 20.7 Å². The molecule has 0 saturated carbocycles. The Bertz CT molecular complexity index is 409. The molecule has 0 unspecified atom stereocenters. The molecular formula is C8H3Br2F3N2. The highest BCUT2D eigenvalue weighted by Gasteiger charge is 2.33. The minimum absolute atomic E-state index is 0.247. The highest BCUT2D eigenvalue weighted by atomic mass is 79.9. The summed E-state index contributed by atoms with van der Waals surface area (Å²) in [6, 6.07) is 3.67. The van der Waals surface area contributed by atoms with E-state index in [2.05, 4.69) is 36.8 Å². The van der Waals surface area contributed by atoms with E-state index in [0.717, 1.165) is 6.07 Å². The van der Waals surface area contributed by atoms with Crippen molar-refractivity contribution in [3.63, 3.8) is 0 Å². The molecule has 0 spiro atoms. The van der Waals surface area contributed by atoms with Crippen molar-refractivity contribution in [2.75, 3.05) is 0 Å². The number of hydrogen-bond acceptors (Lipinski definition) is 2. The van der Waals surface area contributed by atoms with Gasteiger partial charge in [-0.1, -0.05) is 37.9 Å². The molecule has 0 atom stereocenters. The smallest absolute Gasteiger partial charge is 0.232 e. The lowest BCUT2D eigenvalue weighted by Crippen LogP contribution is -2.09. The van der Waals surface area contributed by atoms with Crippen LogP contribution in [-0.4, -0.2) is 4.98 Å². The summed E-state index contributed by atoms with van der Waals surface area (Å²) in [5.41, 5.74) is -0.947. The monoisotopic (exact) mass is 342 g/mol. The molecule has 0 bridgehead atoms. The van der Waals surface area contributed by atoms with Crippen LogP contribution in [0.4, 0.5) is 13.2 Å². The van der Waals surface area contributed by atoms with Crippen LogP contribution in [0.3, 0.4) is 0 Å². The Morgan fingerprint density at radius 2 is 1.93 bits per heavy atom. The van der Waals surface area contributed by atoms with E-state index in [-0.39, 0.29) is 5.69 Å². The molecule has 0 radical (unpaired) electrons. The lowest BCUT2D eigenvalue weighted by Gasteiger charge is -2.08. The van der Waals surface area contributed by atoms with E-state index in [1.165, 1.54) is 6.07 Å². The molecule has 0 aliphatic heterocycles. The van der Waals surface area contributed by atoms with Gasteiger partial charge in [-0.15, -0.1) is 0 Å². The van der Waals surface area contributed by atoms with Gasteiger partial charge in [0.2, 0.25) is 0 Å². The van der Waals surface area contributed by atoms with E-state index in [4.69, 9.17) is 5.26 Å². The van der Waals surface area contributed by atoms with Crippen molar-refractivity contribution in [1.82, 2.24) is 4.98 Å². The number of hydrogen-bond donors (Lipinski definition) is 0. The van der Waals surface area contributed by atoms with Gasteiger partial charge >= 0.3 is 6.18 Å². The van der Waals surface area contributed by atoms with Crippen LogP contribution in [0.5, 0.6) is 0 Å². The van der Waals surface area contributed by atoms with Crippen LogP contribution >= 0.6 is 31.9 Å². The zero-order valence-corrected chi connectivity index (χ0v) is 10.2. The van der Waals surface area contributed by atoms with E-state index in [9.17, 15) is 13.2 Å². The predicted molar refractivity (Wildman–Crippen MR) is 54.5 cm³/mol. The van der Waals surface area contributed by atoms with Crippen LogP contribution in [0.25, 0.3) is 0 Å². The van der Waals surface area contributed by atoms with E-state index in [1.807, 2.05) is 0 Å². The molecule has 0 aliphatic carbocycles. The predicted octanol–water partition coefficient (Wildman–Crippen LogP) is 3.76. The number of aromatic nitrogens is 1. The van der Waals surface area contributed by atoms with Gasteiger partial charge in [0.25, 0.3) is 0 Å². The highest BCUT2D eigenvalue weighted by Crippen LogP contribution is 2.33. The largest absolute Gasteiger partial charge is 0.433 e. The topological polar surface area (TPSA) is 36.7 Å². The van der Waals surface area contributed by atoms with Gasteiger partial charge in [-0.3, -0.25) is 0 Å². The molecule has 1 heterocycles. The summed E-state index contributed by atoms with van der Waals surface area (Å²) in [6.45, 7) is 0. The number of pyridine rings is 1. The second kappa shape index (κ2) is 4.49. The Morgan fingerprint density at radius 1 is 1.33 bits per heavy atom. The SMILES string of the molecule is N#Cc1nc(C(F)(F)F)ccc1C(Br)Br. The summed E-state index contributed by atoms with van der Waals surface area (Å²) >= 11 is 6.19. The summed E-state index contributed by atoms with van der Waals surface area (Å²) in [7, 11) is 0. The fourth-order valence-electron chi connectivity index (χ4n) is 0.893. The van der Waals surface area contributed by atoms with E-state index >= 15 is 0 Å². The first kappa shape index (κ1) is 12.5. The van der Waals surface area contributed by atoms with Crippen LogP contribution in [-0.2, 0) is 6.18 Å². The number of alkyl halides is 5. The third kappa shape index (κ3) is 2.92. The van der Waals surface area contributed by atoms with Crippen molar-refractivity contribution >= 4 is 31.9 Å². The fraction of sp³-hybridized carbons (Fsp3) is 0.250. The number of nitriles is 1. The quantitative estimate of drug-likeness (QED) is 0.728. The summed E-state index contributed by atoms with van der Waals surface area (Å²) in [5, 5.41) is 8.64. The van der Waals surface area contributed by atoms with Crippen molar-refractivity contribution in [3.05, 3.63) is 29.1 Å². The van der Waals surface area contributed by atoms with Crippen LogP contribution in [0.15, 0.2) is 12.1 Å². The van der Waals surface area contributed by atoms with Gasteiger partial charge in [-0.2, -0.15) is 18.4 Å². The van der Waals surface area contributed by atoms with Gasteiger partial charge in [-0.05, 0) is 6.07 Å². The van der Waals surface area contributed by atoms with Crippen molar-refractivity contribution < 1.29 is 13.2 Å². The zero-order chi connectivity index (χ0) is 11.6. The molecule has 1 aromatic rings. The Hall–Kier alpha value is -0.610. The maximum Gasteiger partial charge on any atom is 0.433 e. The molecule has 1 aromatic heterocycles. The molecule has 2 nitrogen and oxygen atoms in total. The Balaban J connectivity index is 3.27. The number of rotatable bonds is 1. The van der Waals surface area contributed by atoms with E-state index < -0.39 is 15.6 Å². The minimum Gasteiger partial charge on any atom is -0.232 e. The van der Waals surface area contributed by atoms with Crippen molar-refractivity contribution in [2.45, 2.75) is 9.91 Å². The lowest BCUT2D eigenvalue weighted by molar-refractivity contribution is -0.141. The average molecular weight is 344 g/mol. The maximum absolute atomic E-state index is 12.2. The van der Waals surface area contributed by atoms with Gasteiger partial charge in [-0.25, -0.2) is 4.98 Å². The number of halogens is 5. The Morgan fingerprint density at radius 3 is 2.33 bits per heavy atom. The standard InChI is InChI=1S/C8H3Br2F3N2/c9-7(10)4-1-2-6(8(11,12)13)15-5(4)3-14/h1-2,7H. The van der Waals surface area contributed by atoms with Crippen molar-refractivity contribution in [1.29, 1.82) is 5.26 Å². The van der Waals surface area contributed by atoms with Crippen LogP contribution in [0.2, 0.25) is 0 Å². The molecule has 7 heteroatoms. The first-order valence-electron chi connectivity index (χ1n) is 3.62. The van der Waals surface area contributed by atoms with Gasteiger partial charge in [0.1, 0.15) is 17.5 Å². The molecule has 0 aromatic carbocycles. The molecule has 1 rings (SSSR count). The van der Waals surface area contributed by atoms with Gasteiger partial charge in [0.05, 0.1) is 3.74 Å². The molecule has 15 heavy (non-hydrogen) atoms. The summed E-state index contributed by atoms with van der Waals surface area (Å²) < 4.78 is 36.3. The number of nitrogens with zero attached hydrogens (tertiary/aromatic N) is 2. The second-order valence-corrected chi connectivity index (χ2v) is 5.60. The first-order chi connectivity index (χ1) is 6.86. The van der Waals surface area contributed by atoms with Gasteiger partial charge < -0.3 is 0 Å². The van der Waals surface area contributed by atoms with Crippen molar-refractivity contribution in [3.8, 4) is 6.07 Å². The molecule has 0 saturated heterocycles. The molecule has 0 N–H and O–H groups in total. The molecule has 0 amide bonds. The lowest BCUT2D eigenvalue weighted by atomic mass is 10.2. The summed E-state index contributed by atoms with van der Waals surface area (Å²) in [4.78, 5) is 3.24. The van der Waals surface area contributed by atoms with Gasteiger partial charge in [0, 0.05) is 5.56 Å². The van der Waals surface area contributed by atoms with Crippen LogP contribution in [0, 0.1) is 11.3 Å². The van der Waals surface area contributed by atoms with Gasteiger partial charge in [0.15, 0.2) is 0 Å². The third-order valence-corrected chi connectivity index (χ3v) is 2.54. The van der Waals surface area contributed by atoms with Crippen LogP contribution < -0.4 is 0 Å². The maximum atomic E-state index is 12.2. The van der Waals surface area contributed by atoms with E-state index in [0.29, 0.717) is 5.56 Å². The van der Waals surface area contributed by atoms with E-state index in [1.54, 1.807) is 6.07 Å². The average Bonchev–Trinajstić information content (AvgIpc) is 2.15. The second-order valence-electron chi connectivity index (χ2n) is 2.54. The molecule has 0 aliphatic rings. The van der Waals surface area contributed by atoms with Crippen molar-refractivity contribution in [2.24, 2.45) is 0 Å². The molecular weight excluding hydrogens is 341 g/mol. The fourth-order valence-corrected chi connectivity index (χ4v) is 1.63. The Labute approximate surface area is 100 Å². The summed E-state index contributed by atoms with van der Waals surface area (Å²) in [6.07, 6.45) is -4.53. The minimum atomic E-state index is -4.53.